The van der Waals surface area contributed by atoms with Gasteiger partial charge in [-0.3, -0.25) is 9.59 Å². The quantitative estimate of drug-likeness (QED) is 0.640. The van der Waals surface area contributed by atoms with E-state index in [1.807, 2.05) is 0 Å². The van der Waals surface area contributed by atoms with Gasteiger partial charge in [0.1, 0.15) is 12.2 Å². The molecule has 0 spiro atoms. The van der Waals surface area contributed by atoms with Crippen LogP contribution >= 0.6 is 0 Å². The number of carbonyl (C=O) groups is 2. The summed E-state index contributed by atoms with van der Waals surface area (Å²) in [6, 6.07) is 0. The van der Waals surface area contributed by atoms with Gasteiger partial charge in [-0.05, 0) is 0 Å². The Labute approximate surface area is 104 Å². The second kappa shape index (κ2) is 5.21. The molecule has 0 unspecified atom stereocenters. The maximum absolute atomic E-state index is 11.1. The maximum Gasteiger partial charge on any atom is 0.303 e. The molecule has 2 bridgehead atoms. The zero-order valence-electron chi connectivity index (χ0n) is 10.5. The van der Waals surface area contributed by atoms with Crippen molar-refractivity contribution in [2.24, 2.45) is 0 Å². The van der Waals surface area contributed by atoms with Crippen LogP contribution in [0.25, 0.3) is 0 Å². The van der Waals surface area contributed by atoms with Gasteiger partial charge in [0.25, 0.3) is 0 Å². The summed E-state index contributed by atoms with van der Waals surface area (Å²) in [5, 5.41) is 0. The zero-order valence-corrected chi connectivity index (χ0v) is 10.5. The van der Waals surface area contributed by atoms with Gasteiger partial charge in [-0.25, -0.2) is 0 Å². The molecule has 0 radical (unpaired) electrons. The monoisotopic (exact) mass is 260 g/mol. The Morgan fingerprint density at radius 3 is 2.28 bits per heavy atom. The van der Waals surface area contributed by atoms with Crippen molar-refractivity contribution in [2.45, 2.75) is 44.6 Å². The first-order valence-corrected chi connectivity index (χ1v) is 5.67. The van der Waals surface area contributed by atoms with Crippen molar-refractivity contribution in [3.05, 3.63) is 0 Å². The number of esters is 2. The highest BCUT2D eigenvalue weighted by atomic mass is 16.7. The van der Waals surface area contributed by atoms with Crippen LogP contribution in [0.3, 0.4) is 0 Å². The van der Waals surface area contributed by atoms with E-state index in [1.54, 1.807) is 0 Å². The van der Waals surface area contributed by atoms with Gasteiger partial charge >= 0.3 is 11.9 Å². The molecule has 2 saturated heterocycles. The predicted octanol–water partition coefficient (Wildman–Crippen LogP) is -0.380. The normalized spacial score (nSPS) is 38.3. The molecule has 2 fully saturated rings. The van der Waals surface area contributed by atoms with Crippen molar-refractivity contribution in [1.82, 2.24) is 0 Å². The third kappa shape index (κ3) is 2.47. The van der Waals surface area contributed by atoms with Crippen molar-refractivity contribution in [1.29, 1.82) is 0 Å². The minimum atomic E-state index is -0.740. The summed E-state index contributed by atoms with van der Waals surface area (Å²) in [4.78, 5) is 22.1. The Morgan fingerprint density at radius 2 is 1.72 bits per heavy atom. The fraction of sp³-hybridized carbons (Fsp3) is 0.818. The van der Waals surface area contributed by atoms with Crippen LogP contribution in [0.1, 0.15) is 13.8 Å². The molecule has 0 aliphatic carbocycles. The standard InChI is InChI=1S/C11H16O7/c1-5(12)16-8-7-4-15-9(8)10(17-6(2)13)11(14-3)18-7/h7-11H,4H2,1-3H3/t7-,8-,9-,10+,11+/m0/s1. The summed E-state index contributed by atoms with van der Waals surface area (Å²) in [5.41, 5.74) is 0. The van der Waals surface area contributed by atoms with Gasteiger partial charge in [-0.1, -0.05) is 0 Å². The average molecular weight is 260 g/mol. The van der Waals surface area contributed by atoms with E-state index in [0.717, 1.165) is 0 Å². The molecular formula is C11H16O7. The molecule has 18 heavy (non-hydrogen) atoms. The Kier molecular flexibility index (Phi) is 3.84. The summed E-state index contributed by atoms with van der Waals surface area (Å²) in [6.45, 7) is 2.87. The van der Waals surface area contributed by atoms with Crippen LogP contribution in [0.15, 0.2) is 0 Å². The molecule has 2 heterocycles. The summed E-state index contributed by atoms with van der Waals surface area (Å²) >= 11 is 0. The van der Waals surface area contributed by atoms with Crippen molar-refractivity contribution in [3.63, 3.8) is 0 Å². The maximum atomic E-state index is 11.1. The summed E-state index contributed by atoms with van der Waals surface area (Å²) in [7, 11) is 1.45. The van der Waals surface area contributed by atoms with E-state index < -0.39 is 42.6 Å². The van der Waals surface area contributed by atoms with E-state index in [-0.39, 0.29) is 6.61 Å². The van der Waals surface area contributed by atoms with E-state index in [1.165, 1.54) is 21.0 Å². The lowest BCUT2D eigenvalue weighted by Crippen LogP contribution is -2.56. The Hall–Kier alpha value is -1.18. The number of hydrogen-bond acceptors (Lipinski definition) is 7. The SMILES string of the molecule is CO[C@@H]1O[C@H]2CO[C@@H]([C@H]2OC(C)=O)[C@H]1OC(C)=O. The molecule has 0 aromatic carbocycles. The van der Waals surface area contributed by atoms with Gasteiger partial charge in [0.2, 0.25) is 0 Å². The topological polar surface area (TPSA) is 80.3 Å². The van der Waals surface area contributed by atoms with Crippen molar-refractivity contribution in [2.75, 3.05) is 13.7 Å². The largest absolute Gasteiger partial charge is 0.457 e. The van der Waals surface area contributed by atoms with Gasteiger partial charge in [0, 0.05) is 21.0 Å². The lowest BCUT2D eigenvalue weighted by Gasteiger charge is -2.37. The van der Waals surface area contributed by atoms with Crippen LogP contribution < -0.4 is 0 Å². The third-order valence-corrected chi connectivity index (χ3v) is 2.88. The highest BCUT2D eigenvalue weighted by Gasteiger charge is 2.55. The van der Waals surface area contributed by atoms with E-state index in [9.17, 15) is 9.59 Å². The average Bonchev–Trinajstić information content (AvgIpc) is 2.55. The molecular weight excluding hydrogens is 244 g/mol. The van der Waals surface area contributed by atoms with Crippen LogP contribution in [0.2, 0.25) is 0 Å². The molecule has 0 saturated carbocycles. The number of methoxy groups -OCH3 is 1. The Morgan fingerprint density at radius 1 is 1.11 bits per heavy atom. The molecule has 7 nitrogen and oxygen atoms in total. The number of hydrogen-bond donors (Lipinski definition) is 0. The van der Waals surface area contributed by atoms with Crippen LogP contribution in [0, 0.1) is 0 Å². The van der Waals surface area contributed by atoms with E-state index >= 15 is 0 Å². The third-order valence-electron chi connectivity index (χ3n) is 2.88. The van der Waals surface area contributed by atoms with E-state index in [0.29, 0.717) is 0 Å². The Bertz CT molecular complexity index is 342. The molecule has 7 heteroatoms. The fourth-order valence-electron chi connectivity index (χ4n) is 2.25. The predicted molar refractivity (Wildman–Crippen MR) is 56.5 cm³/mol. The highest BCUT2D eigenvalue weighted by Crippen LogP contribution is 2.33. The second-order valence-corrected chi connectivity index (χ2v) is 4.22. The molecule has 0 N–H and O–H groups in total. The lowest BCUT2D eigenvalue weighted by atomic mass is 10.0. The molecule has 2 aliphatic heterocycles. The lowest BCUT2D eigenvalue weighted by molar-refractivity contribution is -0.262. The van der Waals surface area contributed by atoms with Gasteiger partial charge < -0.3 is 23.7 Å². The van der Waals surface area contributed by atoms with E-state index in [2.05, 4.69) is 0 Å². The first kappa shape index (κ1) is 13.3. The zero-order chi connectivity index (χ0) is 13.3. The number of carbonyl (C=O) groups excluding carboxylic acids is 2. The minimum absolute atomic E-state index is 0.278. The van der Waals surface area contributed by atoms with Gasteiger partial charge in [-0.15, -0.1) is 0 Å². The van der Waals surface area contributed by atoms with Crippen LogP contribution in [0.5, 0.6) is 0 Å². The minimum Gasteiger partial charge on any atom is -0.457 e. The van der Waals surface area contributed by atoms with Crippen molar-refractivity contribution < 1.29 is 33.3 Å². The first-order chi connectivity index (χ1) is 8.52. The molecule has 0 aromatic heterocycles. The number of fused-ring (bicyclic) bond motifs is 2. The summed E-state index contributed by atoms with van der Waals surface area (Å²) in [6.07, 6.45) is -2.97. The van der Waals surface area contributed by atoms with Crippen LogP contribution in [0.4, 0.5) is 0 Å². The van der Waals surface area contributed by atoms with Gasteiger partial charge in [0.15, 0.2) is 18.5 Å². The van der Waals surface area contributed by atoms with Crippen LogP contribution in [-0.2, 0) is 33.3 Å². The Balaban J connectivity index is 2.14. The van der Waals surface area contributed by atoms with Gasteiger partial charge in [0.05, 0.1) is 6.61 Å². The second-order valence-electron chi connectivity index (χ2n) is 4.22. The smallest absolute Gasteiger partial charge is 0.303 e. The first-order valence-electron chi connectivity index (χ1n) is 5.67. The molecule has 2 rings (SSSR count). The summed E-state index contributed by atoms with van der Waals surface area (Å²) < 4.78 is 26.4. The molecule has 0 aromatic rings. The molecule has 5 atom stereocenters. The number of rotatable bonds is 3. The summed E-state index contributed by atoms with van der Waals surface area (Å²) in [5.74, 6) is -0.900. The fourth-order valence-corrected chi connectivity index (χ4v) is 2.25. The molecule has 0 amide bonds. The highest BCUT2D eigenvalue weighted by molar-refractivity contribution is 5.67. The van der Waals surface area contributed by atoms with Crippen molar-refractivity contribution >= 4 is 11.9 Å². The molecule has 2 aliphatic rings. The van der Waals surface area contributed by atoms with E-state index in [4.69, 9.17) is 23.7 Å². The molecule has 102 valence electrons. The van der Waals surface area contributed by atoms with Gasteiger partial charge in [-0.2, -0.15) is 0 Å². The van der Waals surface area contributed by atoms with Crippen molar-refractivity contribution in [3.8, 4) is 0 Å². The number of ether oxygens (including phenoxy) is 5. The van der Waals surface area contributed by atoms with Crippen LogP contribution in [-0.4, -0.2) is 56.4 Å².